The maximum atomic E-state index is 12.7. The molecule has 0 radical (unpaired) electrons. The number of aromatic nitrogens is 3. The van der Waals surface area contributed by atoms with Crippen LogP contribution in [0.15, 0.2) is 158 Å². The van der Waals surface area contributed by atoms with Crippen molar-refractivity contribution in [1.29, 1.82) is 0 Å². The number of nitrogens with zero attached hydrogens (tertiary/aromatic N) is 3. The summed E-state index contributed by atoms with van der Waals surface area (Å²) in [6.07, 6.45) is 7.10. The van der Waals surface area contributed by atoms with Crippen LogP contribution in [0.4, 0.5) is 0 Å². The van der Waals surface area contributed by atoms with Gasteiger partial charge in [-0.05, 0) is 175 Å². The molecule has 0 atom stereocenters. The van der Waals surface area contributed by atoms with Crippen molar-refractivity contribution in [1.82, 2.24) is 14.5 Å². The van der Waals surface area contributed by atoms with E-state index in [0.29, 0.717) is 22.7 Å². The second-order valence-corrected chi connectivity index (χ2v) is 27.3. The molecule has 2 aromatic heterocycles. The Labute approximate surface area is 460 Å². The fraction of sp³-hybridized carbons (Fsp3) is 0.342. The Kier molecular flexibility index (Phi) is 13.7. The van der Waals surface area contributed by atoms with Crippen molar-refractivity contribution < 1.29 is 5.11 Å². The normalized spacial score (nSPS) is 14.6. The fourth-order valence-corrected chi connectivity index (χ4v) is 11.6. The van der Waals surface area contributed by atoms with E-state index in [1.807, 2.05) is 6.20 Å². The van der Waals surface area contributed by atoms with Gasteiger partial charge >= 0.3 is 0 Å². The van der Waals surface area contributed by atoms with E-state index in [0.717, 1.165) is 72.5 Å². The molecule has 1 N–H and O–H groups in total. The lowest BCUT2D eigenvalue weighted by Crippen LogP contribution is -2.20. The highest BCUT2D eigenvalue weighted by molar-refractivity contribution is 5.98. The zero-order valence-electron chi connectivity index (χ0n) is 48.7. The molecule has 394 valence electrons. The standard InChI is InChI=1S/C73H81N3O/c1-46-38-51(48-32-35-73(14,15)36-33-48)28-30-58(46)50-26-24-47(25-27-50)52-34-37-74-63(42-52)54-39-53(40-56(41-54)70(5,6)7)59-22-19-23-65-66(59)75-68(61-44-57(71(8,9)10)45-62(67(61)77)72(11,12)13)76(65)64-31-29-55(69(2,3)4)43-60(64)49-20-17-16-18-21-49/h16-31,34,37-45,48,77H,32-33,35-36H2,1-15H3. The lowest BCUT2D eigenvalue weighted by atomic mass is 9.71. The Hall–Kier alpha value is -7.04. The number of para-hydroxylation sites is 1. The highest BCUT2D eigenvalue weighted by atomic mass is 16.3. The van der Waals surface area contributed by atoms with Crippen LogP contribution in [-0.4, -0.2) is 19.6 Å². The van der Waals surface area contributed by atoms with E-state index >= 15 is 0 Å². The van der Waals surface area contributed by atoms with E-state index in [2.05, 4.69) is 260 Å². The van der Waals surface area contributed by atoms with Gasteiger partial charge in [0, 0.05) is 28.5 Å². The average Bonchev–Trinajstić information content (AvgIpc) is 3.84. The summed E-state index contributed by atoms with van der Waals surface area (Å²) in [7, 11) is 0. The van der Waals surface area contributed by atoms with Crippen LogP contribution in [0.25, 0.3) is 83.9 Å². The van der Waals surface area contributed by atoms with Crippen LogP contribution in [0.2, 0.25) is 0 Å². The number of phenolic OH excluding ortho intramolecular Hbond substituents is 1. The summed E-state index contributed by atoms with van der Waals surface area (Å²) in [5, 5.41) is 12.7. The molecule has 4 nitrogen and oxygen atoms in total. The minimum atomic E-state index is -0.331. The van der Waals surface area contributed by atoms with Crippen LogP contribution in [0.3, 0.4) is 0 Å². The average molecular weight is 1020 g/mol. The largest absolute Gasteiger partial charge is 0.507 e. The molecule has 2 heterocycles. The molecule has 0 unspecified atom stereocenters. The fourth-order valence-electron chi connectivity index (χ4n) is 11.6. The van der Waals surface area contributed by atoms with Gasteiger partial charge < -0.3 is 5.11 Å². The maximum Gasteiger partial charge on any atom is 0.149 e. The number of aromatic hydroxyl groups is 1. The minimum Gasteiger partial charge on any atom is -0.507 e. The van der Waals surface area contributed by atoms with Gasteiger partial charge in [0.15, 0.2) is 0 Å². The first-order valence-corrected chi connectivity index (χ1v) is 28.2. The van der Waals surface area contributed by atoms with Crippen molar-refractivity contribution in [2.75, 3.05) is 0 Å². The summed E-state index contributed by atoms with van der Waals surface area (Å²) < 4.78 is 2.31. The number of phenols is 1. The van der Waals surface area contributed by atoms with E-state index in [4.69, 9.17) is 9.97 Å². The lowest BCUT2D eigenvalue weighted by Gasteiger charge is -2.34. The smallest absolute Gasteiger partial charge is 0.149 e. The first-order valence-electron chi connectivity index (χ1n) is 28.2. The van der Waals surface area contributed by atoms with Gasteiger partial charge in [-0.15, -0.1) is 0 Å². The molecule has 1 aliphatic carbocycles. The second kappa shape index (κ2) is 19.8. The van der Waals surface area contributed by atoms with E-state index in [1.165, 1.54) is 59.1 Å². The third kappa shape index (κ3) is 10.8. The highest BCUT2D eigenvalue weighted by Gasteiger charge is 2.31. The van der Waals surface area contributed by atoms with Gasteiger partial charge in [0.1, 0.15) is 11.6 Å². The number of fused-ring (bicyclic) bond motifs is 1. The Morgan fingerprint density at radius 3 is 1.77 bits per heavy atom. The molecule has 1 saturated carbocycles. The summed E-state index contributed by atoms with van der Waals surface area (Å²) in [5.74, 6) is 1.62. The lowest BCUT2D eigenvalue weighted by molar-refractivity contribution is 0.224. The molecule has 1 aliphatic rings. The van der Waals surface area contributed by atoms with Crippen molar-refractivity contribution in [2.24, 2.45) is 5.41 Å². The van der Waals surface area contributed by atoms with Gasteiger partial charge in [-0.2, -0.15) is 0 Å². The van der Waals surface area contributed by atoms with Gasteiger partial charge in [0.2, 0.25) is 0 Å². The van der Waals surface area contributed by atoms with Crippen LogP contribution in [0, 0.1) is 12.3 Å². The van der Waals surface area contributed by atoms with Crippen molar-refractivity contribution in [2.45, 2.75) is 157 Å². The molecule has 10 rings (SSSR count). The van der Waals surface area contributed by atoms with Gasteiger partial charge in [-0.3, -0.25) is 9.55 Å². The summed E-state index contributed by atoms with van der Waals surface area (Å²) >= 11 is 0. The summed E-state index contributed by atoms with van der Waals surface area (Å²) in [6.45, 7) is 34.0. The van der Waals surface area contributed by atoms with Crippen molar-refractivity contribution >= 4 is 11.0 Å². The van der Waals surface area contributed by atoms with Gasteiger partial charge in [-0.25, -0.2) is 4.98 Å². The Balaban J connectivity index is 1.11. The quantitative estimate of drug-likeness (QED) is 0.165. The van der Waals surface area contributed by atoms with Crippen LogP contribution in [0.1, 0.15) is 162 Å². The number of imidazole rings is 1. The molecular formula is C73H81N3O. The third-order valence-corrected chi connectivity index (χ3v) is 16.7. The summed E-state index contributed by atoms with van der Waals surface area (Å²) in [5.41, 5.74) is 21.7. The molecule has 0 bridgehead atoms. The minimum absolute atomic E-state index is 0.0800. The van der Waals surface area contributed by atoms with E-state index in [9.17, 15) is 5.11 Å². The molecule has 0 saturated heterocycles. The van der Waals surface area contributed by atoms with E-state index in [1.54, 1.807) is 0 Å². The third-order valence-electron chi connectivity index (χ3n) is 16.7. The maximum absolute atomic E-state index is 12.7. The molecule has 0 aliphatic heterocycles. The number of hydrogen-bond acceptors (Lipinski definition) is 3. The van der Waals surface area contributed by atoms with Crippen molar-refractivity contribution in [3.63, 3.8) is 0 Å². The summed E-state index contributed by atoms with van der Waals surface area (Å²) in [4.78, 5) is 10.8. The monoisotopic (exact) mass is 1020 g/mol. The topological polar surface area (TPSA) is 50.9 Å². The zero-order valence-corrected chi connectivity index (χ0v) is 48.7. The molecule has 77 heavy (non-hydrogen) atoms. The molecular weight excluding hydrogens is 935 g/mol. The number of rotatable bonds is 8. The summed E-state index contributed by atoms with van der Waals surface area (Å²) in [6, 6.07) is 56.0. The molecule has 0 amide bonds. The number of benzene rings is 7. The van der Waals surface area contributed by atoms with Crippen molar-refractivity contribution in [3.05, 3.63) is 191 Å². The van der Waals surface area contributed by atoms with Gasteiger partial charge in [0.25, 0.3) is 0 Å². The first kappa shape index (κ1) is 53.4. The second-order valence-electron chi connectivity index (χ2n) is 27.3. The van der Waals surface area contributed by atoms with Crippen molar-refractivity contribution in [3.8, 4) is 78.6 Å². The predicted molar refractivity (Wildman–Crippen MR) is 328 cm³/mol. The molecule has 4 heteroatoms. The Morgan fingerprint density at radius 1 is 0.494 bits per heavy atom. The van der Waals surface area contributed by atoms with Crippen LogP contribution in [0.5, 0.6) is 5.75 Å². The molecule has 0 spiro atoms. The Morgan fingerprint density at radius 2 is 1.12 bits per heavy atom. The Bertz CT molecular complexity index is 3640. The highest BCUT2D eigenvalue weighted by Crippen LogP contribution is 2.47. The van der Waals surface area contributed by atoms with Gasteiger partial charge in [0.05, 0.1) is 28.0 Å². The number of hydrogen-bond donors (Lipinski definition) is 1. The number of aryl methyl sites for hydroxylation is 1. The predicted octanol–water partition coefficient (Wildman–Crippen LogP) is 20.3. The molecule has 7 aromatic carbocycles. The number of pyridine rings is 1. The van der Waals surface area contributed by atoms with E-state index < -0.39 is 0 Å². The van der Waals surface area contributed by atoms with Crippen LogP contribution < -0.4 is 0 Å². The van der Waals surface area contributed by atoms with Crippen LogP contribution in [-0.2, 0) is 21.7 Å². The molecule has 9 aromatic rings. The van der Waals surface area contributed by atoms with Gasteiger partial charge in [-0.1, -0.05) is 200 Å². The first-order chi connectivity index (χ1) is 36.2. The van der Waals surface area contributed by atoms with Crippen LogP contribution >= 0.6 is 0 Å². The molecule has 1 fully saturated rings. The van der Waals surface area contributed by atoms with E-state index in [-0.39, 0.29) is 27.4 Å². The SMILES string of the molecule is Cc1cc(C2CCC(C)(C)CC2)ccc1-c1ccc(-c2ccnc(-c3cc(-c4cccc5c4nc(-c4cc(C(C)(C)C)cc(C(C)(C)C)c4O)n5-c4ccc(C(C)(C)C)cc4-c4ccccc4)cc(C(C)(C)C)c3)c2)cc1. The zero-order chi connectivity index (χ0) is 55.0.